The predicted octanol–water partition coefficient (Wildman–Crippen LogP) is 5.10. The third-order valence-corrected chi connectivity index (χ3v) is 3.89. The highest BCUT2D eigenvalue weighted by atomic mass is 35.5. The monoisotopic (exact) mass is 400 g/mol. The molecule has 0 N–H and O–H groups in total. The van der Waals surface area contributed by atoms with Gasteiger partial charge in [-0.05, 0) is 29.3 Å². The van der Waals surface area contributed by atoms with E-state index in [-0.39, 0.29) is 23.0 Å². The maximum Gasteiger partial charge on any atom is 0.416 e. The second-order valence-electron chi connectivity index (χ2n) is 5.35. The molecule has 144 valence electrons. The third-order valence-electron chi connectivity index (χ3n) is 3.59. The molecule has 0 radical (unpaired) electrons. The molecule has 0 unspecified atom stereocenters. The van der Waals surface area contributed by atoms with Crippen LogP contribution in [0.4, 0.5) is 13.2 Å². The molecular formula is C19H16ClF3O4. The zero-order valence-corrected chi connectivity index (χ0v) is 15.2. The Morgan fingerprint density at radius 1 is 1.15 bits per heavy atom. The van der Waals surface area contributed by atoms with E-state index in [1.165, 1.54) is 20.5 Å². The zero-order chi connectivity index (χ0) is 20.0. The van der Waals surface area contributed by atoms with Crippen LogP contribution in [0.1, 0.15) is 16.7 Å². The highest BCUT2D eigenvalue weighted by Crippen LogP contribution is 2.35. The van der Waals surface area contributed by atoms with Gasteiger partial charge in [0.15, 0.2) is 0 Å². The maximum atomic E-state index is 12.7. The Morgan fingerprint density at radius 2 is 1.85 bits per heavy atom. The molecule has 0 aliphatic carbocycles. The maximum absolute atomic E-state index is 12.7. The van der Waals surface area contributed by atoms with Crippen LogP contribution in [0.2, 0.25) is 5.02 Å². The summed E-state index contributed by atoms with van der Waals surface area (Å²) in [5.74, 6) is -0.508. The fourth-order valence-corrected chi connectivity index (χ4v) is 2.54. The molecule has 4 nitrogen and oxygen atoms in total. The van der Waals surface area contributed by atoms with Crippen molar-refractivity contribution in [2.45, 2.75) is 12.8 Å². The molecule has 0 bridgehead atoms. The standard InChI is InChI=1S/C19H16ClF3O4/c1-25-11-15(18(24)26-2)14-6-4-3-5-12(14)10-27-17-8-7-13(9-16(17)20)19(21,22)23/h3-9,11H,10H2,1-2H3/b15-11+. The molecule has 0 saturated carbocycles. The third kappa shape index (κ3) is 5.17. The first-order chi connectivity index (χ1) is 12.8. The number of alkyl halides is 3. The van der Waals surface area contributed by atoms with Crippen molar-refractivity contribution in [3.63, 3.8) is 0 Å². The molecule has 0 saturated heterocycles. The van der Waals surface area contributed by atoms with Crippen LogP contribution in [0.25, 0.3) is 5.57 Å². The van der Waals surface area contributed by atoms with E-state index in [2.05, 4.69) is 0 Å². The molecule has 0 spiro atoms. The van der Waals surface area contributed by atoms with Gasteiger partial charge in [-0.3, -0.25) is 0 Å². The van der Waals surface area contributed by atoms with Gasteiger partial charge in [0.25, 0.3) is 0 Å². The van der Waals surface area contributed by atoms with Crippen LogP contribution in [0.5, 0.6) is 5.75 Å². The number of hydrogen-bond donors (Lipinski definition) is 0. The largest absolute Gasteiger partial charge is 0.503 e. The van der Waals surface area contributed by atoms with Gasteiger partial charge in [0.05, 0.1) is 31.1 Å². The lowest BCUT2D eigenvalue weighted by Gasteiger charge is -2.14. The first-order valence-corrected chi connectivity index (χ1v) is 8.04. The summed E-state index contributed by atoms with van der Waals surface area (Å²) in [6.07, 6.45) is -3.25. The van der Waals surface area contributed by atoms with Gasteiger partial charge in [-0.1, -0.05) is 35.9 Å². The SMILES string of the molecule is CO/C=C(/C(=O)OC)c1ccccc1COc1ccc(C(F)(F)F)cc1Cl. The Kier molecular flexibility index (Phi) is 6.74. The van der Waals surface area contributed by atoms with E-state index in [9.17, 15) is 18.0 Å². The molecule has 2 aromatic carbocycles. The van der Waals surface area contributed by atoms with Crippen LogP contribution in [-0.2, 0) is 27.1 Å². The number of carbonyl (C=O) groups excluding carboxylic acids is 1. The first kappa shape index (κ1) is 20.6. The lowest BCUT2D eigenvalue weighted by Crippen LogP contribution is -2.08. The summed E-state index contributed by atoms with van der Waals surface area (Å²) in [6.45, 7) is -0.0285. The number of benzene rings is 2. The molecular weight excluding hydrogens is 385 g/mol. The number of carbonyl (C=O) groups is 1. The second kappa shape index (κ2) is 8.81. The molecule has 2 aromatic rings. The van der Waals surface area contributed by atoms with Crippen molar-refractivity contribution in [3.05, 3.63) is 70.4 Å². The topological polar surface area (TPSA) is 44.8 Å². The number of halogens is 4. The van der Waals surface area contributed by atoms with E-state index < -0.39 is 17.7 Å². The average molecular weight is 401 g/mol. The zero-order valence-electron chi connectivity index (χ0n) is 14.5. The predicted molar refractivity (Wildman–Crippen MR) is 94.2 cm³/mol. The first-order valence-electron chi connectivity index (χ1n) is 7.67. The van der Waals surface area contributed by atoms with Gasteiger partial charge in [0.1, 0.15) is 17.9 Å². The van der Waals surface area contributed by atoms with Crippen molar-refractivity contribution in [1.29, 1.82) is 0 Å². The summed E-state index contributed by atoms with van der Waals surface area (Å²) in [4.78, 5) is 12.0. The molecule has 0 aliphatic heterocycles. The Labute approximate surface area is 159 Å². The Bertz CT molecular complexity index is 847. The van der Waals surface area contributed by atoms with Crippen LogP contribution in [-0.4, -0.2) is 20.2 Å². The van der Waals surface area contributed by atoms with Crippen LogP contribution in [0, 0.1) is 0 Å². The van der Waals surface area contributed by atoms with Crippen molar-refractivity contribution >= 4 is 23.1 Å². The lowest BCUT2D eigenvalue weighted by atomic mass is 10.0. The molecule has 0 amide bonds. The number of rotatable bonds is 6. The molecule has 0 aromatic heterocycles. The Balaban J connectivity index is 2.27. The van der Waals surface area contributed by atoms with Crippen molar-refractivity contribution in [2.24, 2.45) is 0 Å². The Hall–Kier alpha value is -2.67. The summed E-state index contributed by atoms with van der Waals surface area (Å²) in [5.41, 5.74) is 0.422. The van der Waals surface area contributed by atoms with Gasteiger partial charge in [-0.2, -0.15) is 13.2 Å². The summed E-state index contributed by atoms with van der Waals surface area (Å²) >= 11 is 5.90. The van der Waals surface area contributed by atoms with Crippen molar-refractivity contribution < 1.29 is 32.2 Å². The van der Waals surface area contributed by atoms with Crippen LogP contribution >= 0.6 is 11.6 Å². The van der Waals surface area contributed by atoms with Crippen molar-refractivity contribution in [2.75, 3.05) is 14.2 Å². The van der Waals surface area contributed by atoms with E-state index in [1.807, 2.05) is 0 Å². The molecule has 0 atom stereocenters. The van der Waals surface area contributed by atoms with Gasteiger partial charge >= 0.3 is 12.1 Å². The highest BCUT2D eigenvalue weighted by molar-refractivity contribution is 6.32. The molecule has 2 rings (SSSR count). The van der Waals surface area contributed by atoms with E-state index in [0.29, 0.717) is 11.1 Å². The smallest absolute Gasteiger partial charge is 0.416 e. The summed E-state index contributed by atoms with van der Waals surface area (Å²) in [6, 6.07) is 9.68. The Morgan fingerprint density at radius 3 is 2.44 bits per heavy atom. The van der Waals surface area contributed by atoms with E-state index in [1.54, 1.807) is 24.3 Å². The lowest BCUT2D eigenvalue weighted by molar-refractivity contribution is -0.137. The van der Waals surface area contributed by atoms with E-state index in [4.69, 9.17) is 25.8 Å². The quantitative estimate of drug-likeness (QED) is 0.384. The molecule has 0 aliphatic rings. The highest BCUT2D eigenvalue weighted by Gasteiger charge is 2.31. The molecule has 8 heteroatoms. The minimum atomic E-state index is -4.49. The molecule has 0 fully saturated rings. The van der Waals surface area contributed by atoms with Gasteiger partial charge < -0.3 is 14.2 Å². The number of ether oxygens (including phenoxy) is 3. The van der Waals surface area contributed by atoms with Gasteiger partial charge in [0.2, 0.25) is 0 Å². The van der Waals surface area contributed by atoms with Crippen LogP contribution < -0.4 is 4.74 Å². The van der Waals surface area contributed by atoms with Crippen molar-refractivity contribution in [1.82, 2.24) is 0 Å². The van der Waals surface area contributed by atoms with Gasteiger partial charge in [-0.25, -0.2) is 4.79 Å². The number of hydrogen-bond acceptors (Lipinski definition) is 4. The average Bonchev–Trinajstić information content (AvgIpc) is 2.64. The summed E-state index contributed by atoms with van der Waals surface area (Å²) in [7, 11) is 2.64. The fraction of sp³-hybridized carbons (Fsp3) is 0.211. The van der Waals surface area contributed by atoms with Gasteiger partial charge in [-0.15, -0.1) is 0 Å². The minimum absolute atomic E-state index is 0.0285. The van der Waals surface area contributed by atoms with Crippen molar-refractivity contribution in [3.8, 4) is 5.75 Å². The summed E-state index contributed by atoms with van der Waals surface area (Å²) in [5, 5.41) is -0.164. The van der Waals surface area contributed by atoms with E-state index >= 15 is 0 Å². The second-order valence-corrected chi connectivity index (χ2v) is 5.75. The van der Waals surface area contributed by atoms with Crippen LogP contribution in [0.3, 0.4) is 0 Å². The normalized spacial score (nSPS) is 11.9. The molecule has 0 heterocycles. The minimum Gasteiger partial charge on any atom is -0.503 e. The number of esters is 1. The van der Waals surface area contributed by atoms with Gasteiger partial charge in [0, 0.05) is 0 Å². The van der Waals surface area contributed by atoms with E-state index in [0.717, 1.165) is 18.2 Å². The number of methoxy groups -OCH3 is 2. The molecule has 27 heavy (non-hydrogen) atoms. The van der Waals surface area contributed by atoms with Crippen LogP contribution in [0.15, 0.2) is 48.7 Å². The summed E-state index contributed by atoms with van der Waals surface area (Å²) < 4.78 is 53.4. The fourth-order valence-electron chi connectivity index (χ4n) is 2.31.